The van der Waals surface area contributed by atoms with Gasteiger partial charge >= 0.3 is 5.97 Å². The first-order chi connectivity index (χ1) is 9.97. The third kappa shape index (κ3) is 3.26. The largest absolute Gasteiger partial charge is 0.497 e. The summed E-state index contributed by atoms with van der Waals surface area (Å²) in [6.45, 7) is 1.39. The Kier molecular flexibility index (Phi) is 4.35. The Morgan fingerprint density at radius 1 is 1.19 bits per heavy atom. The third-order valence-electron chi connectivity index (χ3n) is 3.51. The smallest absolute Gasteiger partial charge is 0.331 e. The maximum atomic E-state index is 11.9. The van der Waals surface area contributed by atoms with Gasteiger partial charge in [0.25, 0.3) is 0 Å². The second-order valence-corrected chi connectivity index (χ2v) is 5.04. The standard InChI is InChI=1S/C15H19NO5/c1-9(17)16(11-4-5-11)14(15(18)19)10-6-12(20-2)8-13(7-10)21-3/h6-8,11,14H,4-5H2,1-3H3,(H,18,19). The van der Waals surface area contributed by atoms with Crippen molar-refractivity contribution < 1.29 is 24.2 Å². The number of hydrogen-bond acceptors (Lipinski definition) is 4. The number of rotatable bonds is 6. The summed E-state index contributed by atoms with van der Waals surface area (Å²) in [6, 6.07) is 3.89. The number of carbonyl (C=O) groups is 2. The van der Waals surface area contributed by atoms with Crippen LogP contribution in [0.1, 0.15) is 31.4 Å². The van der Waals surface area contributed by atoms with E-state index in [0.717, 1.165) is 12.8 Å². The lowest BCUT2D eigenvalue weighted by molar-refractivity contribution is -0.150. The van der Waals surface area contributed by atoms with Crippen molar-refractivity contribution in [2.75, 3.05) is 14.2 Å². The van der Waals surface area contributed by atoms with Gasteiger partial charge < -0.3 is 19.5 Å². The summed E-state index contributed by atoms with van der Waals surface area (Å²) in [4.78, 5) is 25.0. The molecule has 0 aliphatic heterocycles. The summed E-state index contributed by atoms with van der Waals surface area (Å²) < 4.78 is 10.3. The number of nitrogens with zero attached hydrogens (tertiary/aromatic N) is 1. The molecule has 21 heavy (non-hydrogen) atoms. The zero-order valence-electron chi connectivity index (χ0n) is 12.3. The number of methoxy groups -OCH3 is 2. The van der Waals surface area contributed by atoms with Gasteiger partial charge in [-0.25, -0.2) is 4.79 Å². The third-order valence-corrected chi connectivity index (χ3v) is 3.51. The lowest BCUT2D eigenvalue weighted by Gasteiger charge is -2.28. The molecule has 2 rings (SSSR count). The molecule has 0 radical (unpaired) electrons. The highest BCUT2D eigenvalue weighted by atomic mass is 16.5. The second kappa shape index (κ2) is 6.03. The van der Waals surface area contributed by atoms with E-state index < -0.39 is 12.0 Å². The number of hydrogen-bond donors (Lipinski definition) is 1. The van der Waals surface area contributed by atoms with Crippen LogP contribution in [0.25, 0.3) is 0 Å². The first-order valence-corrected chi connectivity index (χ1v) is 6.72. The summed E-state index contributed by atoms with van der Waals surface area (Å²) in [6.07, 6.45) is 1.68. The van der Waals surface area contributed by atoms with Crippen molar-refractivity contribution in [2.24, 2.45) is 0 Å². The van der Waals surface area contributed by atoms with Crippen LogP contribution in [-0.2, 0) is 9.59 Å². The molecule has 6 nitrogen and oxygen atoms in total. The van der Waals surface area contributed by atoms with Gasteiger partial charge in [0.2, 0.25) is 5.91 Å². The molecular formula is C15H19NO5. The molecule has 114 valence electrons. The van der Waals surface area contributed by atoms with Crippen molar-refractivity contribution in [3.05, 3.63) is 23.8 Å². The van der Waals surface area contributed by atoms with E-state index in [1.165, 1.54) is 26.0 Å². The predicted octanol–water partition coefficient (Wildman–Crippen LogP) is 1.84. The fourth-order valence-corrected chi connectivity index (χ4v) is 2.41. The summed E-state index contributed by atoms with van der Waals surface area (Å²) in [5, 5.41) is 9.57. The summed E-state index contributed by atoms with van der Waals surface area (Å²) in [5.74, 6) is -0.316. The molecule has 1 saturated carbocycles. The number of carboxylic acid groups (broad SMARTS) is 1. The van der Waals surface area contributed by atoms with Crippen molar-refractivity contribution >= 4 is 11.9 Å². The summed E-state index contributed by atoms with van der Waals surface area (Å²) in [7, 11) is 3.00. The van der Waals surface area contributed by atoms with Crippen LogP contribution in [0.2, 0.25) is 0 Å². The van der Waals surface area contributed by atoms with E-state index in [1.54, 1.807) is 18.2 Å². The Hall–Kier alpha value is -2.24. The van der Waals surface area contributed by atoms with Crippen LogP contribution >= 0.6 is 0 Å². The molecule has 6 heteroatoms. The van der Waals surface area contributed by atoms with E-state index in [4.69, 9.17) is 9.47 Å². The van der Waals surface area contributed by atoms with Crippen molar-refractivity contribution in [2.45, 2.75) is 31.8 Å². The molecule has 1 unspecified atom stereocenters. The molecular weight excluding hydrogens is 274 g/mol. The normalized spacial score (nSPS) is 15.2. The SMILES string of the molecule is COc1cc(OC)cc(C(C(=O)O)N(C(C)=O)C2CC2)c1. The van der Waals surface area contributed by atoms with Crippen molar-refractivity contribution in [3.8, 4) is 11.5 Å². The van der Waals surface area contributed by atoms with Crippen molar-refractivity contribution in [3.63, 3.8) is 0 Å². The zero-order chi connectivity index (χ0) is 15.6. The van der Waals surface area contributed by atoms with Gasteiger partial charge in [0.1, 0.15) is 11.5 Å². The highest BCUT2D eigenvalue weighted by molar-refractivity contribution is 5.84. The van der Waals surface area contributed by atoms with Gasteiger partial charge in [0.15, 0.2) is 6.04 Å². The van der Waals surface area contributed by atoms with E-state index in [0.29, 0.717) is 17.1 Å². The number of aliphatic carboxylic acids is 1. The average molecular weight is 293 g/mol. The molecule has 0 bridgehead atoms. The maximum absolute atomic E-state index is 11.9. The minimum atomic E-state index is -1.06. The van der Waals surface area contributed by atoms with E-state index in [-0.39, 0.29) is 11.9 Å². The molecule has 1 N–H and O–H groups in total. The average Bonchev–Trinajstić information content (AvgIpc) is 3.27. The monoisotopic (exact) mass is 293 g/mol. The zero-order valence-corrected chi connectivity index (χ0v) is 12.3. The first-order valence-electron chi connectivity index (χ1n) is 6.72. The van der Waals surface area contributed by atoms with Gasteiger partial charge in [-0.15, -0.1) is 0 Å². The molecule has 1 aliphatic rings. The number of carbonyl (C=O) groups excluding carboxylic acids is 1. The Labute approximate surface area is 123 Å². The first kappa shape index (κ1) is 15.2. The number of carboxylic acids is 1. The minimum Gasteiger partial charge on any atom is -0.497 e. The van der Waals surface area contributed by atoms with E-state index in [9.17, 15) is 14.7 Å². The highest BCUT2D eigenvalue weighted by Gasteiger charge is 2.40. The quantitative estimate of drug-likeness (QED) is 0.866. The van der Waals surface area contributed by atoms with Crippen LogP contribution in [-0.4, -0.2) is 42.1 Å². The molecule has 1 aromatic rings. The van der Waals surface area contributed by atoms with Gasteiger partial charge in [-0.3, -0.25) is 4.79 Å². The predicted molar refractivity (Wildman–Crippen MR) is 75.5 cm³/mol. The van der Waals surface area contributed by atoms with Crippen LogP contribution in [0.15, 0.2) is 18.2 Å². The van der Waals surface area contributed by atoms with Crippen LogP contribution < -0.4 is 9.47 Å². The summed E-state index contributed by atoms with van der Waals surface area (Å²) in [5.41, 5.74) is 0.473. The van der Waals surface area contributed by atoms with Crippen LogP contribution in [0.3, 0.4) is 0 Å². The highest BCUT2D eigenvalue weighted by Crippen LogP contribution is 2.37. The molecule has 0 spiro atoms. The Balaban J connectivity index is 2.46. The second-order valence-electron chi connectivity index (χ2n) is 5.04. The molecule has 1 aromatic carbocycles. The van der Waals surface area contributed by atoms with Crippen LogP contribution in [0.4, 0.5) is 0 Å². The molecule has 0 saturated heterocycles. The molecule has 1 amide bonds. The van der Waals surface area contributed by atoms with Crippen LogP contribution in [0, 0.1) is 0 Å². The Morgan fingerprint density at radius 2 is 1.71 bits per heavy atom. The molecule has 0 aromatic heterocycles. The van der Waals surface area contributed by atoms with Gasteiger partial charge in [-0.05, 0) is 30.5 Å². The molecule has 0 heterocycles. The van der Waals surface area contributed by atoms with Gasteiger partial charge in [-0.1, -0.05) is 0 Å². The number of ether oxygens (including phenoxy) is 2. The van der Waals surface area contributed by atoms with Gasteiger partial charge in [-0.2, -0.15) is 0 Å². The van der Waals surface area contributed by atoms with E-state index in [1.807, 2.05) is 0 Å². The maximum Gasteiger partial charge on any atom is 0.331 e. The van der Waals surface area contributed by atoms with Crippen molar-refractivity contribution in [1.82, 2.24) is 4.90 Å². The van der Waals surface area contributed by atoms with Gasteiger partial charge in [0.05, 0.1) is 14.2 Å². The van der Waals surface area contributed by atoms with Crippen molar-refractivity contribution in [1.29, 1.82) is 0 Å². The van der Waals surface area contributed by atoms with Crippen LogP contribution in [0.5, 0.6) is 11.5 Å². The Morgan fingerprint density at radius 3 is 2.05 bits per heavy atom. The summed E-state index contributed by atoms with van der Waals surface area (Å²) >= 11 is 0. The molecule has 1 fully saturated rings. The molecule has 1 aliphatic carbocycles. The number of benzene rings is 1. The van der Waals surface area contributed by atoms with E-state index >= 15 is 0 Å². The van der Waals surface area contributed by atoms with E-state index in [2.05, 4.69) is 0 Å². The fourth-order valence-electron chi connectivity index (χ4n) is 2.41. The number of amides is 1. The lowest BCUT2D eigenvalue weighted by Crippen LogP contribution is -2.39. The Bertz CT molecular complexity index is 531. The van der Waals surface area contributed by atoms with Gasteiger partial charge in [0, 0.05) is 19.0 Å². The topological polar surface area (TPSA) is 76.1 Å². The lowest BCUT2D eigenvalue weighted by atomic mass is 10.0. The molecule has 1 atom stereocenters. The fraction of sp³-hybridized carbons (Fsp3) is 0.467. The minimum absolute atomic E-state index is 0.000737.